The molecule has 0 unspecified atom stereocenters. The van der Waals surface area contributed by atoms with Crippen LogP contribution < -0.4 is 10.5 Å². The van der Waals surface area contributed by atoms with Crippen LogP contribution in [-0.2, 0) is 0 Å². The molecule has 11 nitrogen and oxygen atoms in total. The van der Waals surface area contributed by atoms with Gasteiger partial charge in [-0.05, 0) is 62.6 Å². The van der Waals surface area contributed by atoms with Crippen LogP contribution in [0.3, 0.4) is 0 Å². The van der Waals surface area contributed by atoms with Gasteiger partial charge in [0, 0.05) is 46.5 Å². The monoisotopic (exact) mass is 597 g/mol. The number of carbonyl (C=O) groups is 1. The number of aromatic nitrogens is 7. The number of nitrogens with two attached hydrogens (primary N) is 1. The zero-order chi connectivity index (χ0) is 30.1. The quantitative estimate of drug-likeness (QED) is 0.283. The van der Waals surface area contributed by atoms with E-state index < -0.39 is 11.6 Å². The van der Waals surface area contributed by atoms with E-state index in [2.05, 4.69) is 25.3 Å². The zero-order valence-electron chi connectivity index (χ0n) is 23.9. The number of ether oxygens (including phenoxy) is 1. The maximum Gasteiger partial charge on any atom is 0.292 e. The molecule has 2 bridgehead atoms. The Morgan fingerprint density at radius 2 is 1.80 bits per heavy atom. The van der Waals surface area contributed by atoms with Gasteiger partial charge in [-0.2, -0.15) is 14.0 Å². The van der Waals surface area contributed by atoms with E-state index >= 15 is 0 Å². The molecule has 3 fully saturated rings. The number of nitrogens with zero attached hydrogens (tertiary/aromatic N) is 7. The summed E-state index contributed by atoms with van der Waals surface area (Å²) in [4.78, 5) is 27.7. The molecule has 2 saturated heterocycles. The molecule has 1 aromatic carbocycles. The number of anilines is 1. The van der Waals surface area contributed by atoms with Crippen molar-refractivity contribution in [2.24, 2.45) is 0 Å². The van der Waals surface area contributed by atoms with Crippen molar-refractivity contribution in [3.63, 3.8) is 0 Å². The van der Waals surface area contributed by atoms with Gasteiger partial charge in [-0.15, -0.1) is 10.2 Å². The van der Waals surface area contributed by atoms with Crippen molar-refractivity contribution in [2.75, 3.05) is 12.8 Å². The number of halogens is 2. The minimum absolute atomic E-state index is 0.0382. The summed E-state index contributed by atoms with van der Waals surface area (Å²) in [7, 11) is 1.29. The molecule has 1 saturated carbocycles. The van der Waals surface area contributed by atoms with E-state index in [0.29, 0.717) is 17.4 Å². The SMILES string of the molecule is COc1ccc(-c2ccc(-c3cnn4c(N)c(C5CC5)c([C@@H]5C[C@H]6CC[C@@H](C5)N6C(=O)c5nnc[nH]5)nc34)cn2)c(F)c1F. The summed E-state index contributed by atoms with van der Waals surface area (Å²) >= 11 is 0. The van der Waals surface area contributed by atoms with E-state index in [4.69, 9.17) is 15.5 Å². The Kier molecular flexibility index (Phi) is 6.10. The maximum atomic E-state index is 14.7. The van der Waals surface area contributed by atoms with Gasteiger partial charge in [0.05, 0.1) is 24.7 Å². The molecule has 0 radical (unpaired) electrons. The van der Waals surface area contributed by atoms with Gasteiger partial charge < -0.3 is 20.4 Å². The Labute approximate surface area is 250 Å². The highest BCUT2D eigenvalue weighted by molar-refractivity contribution is 5.91. The standard InChI is InChI=1S/C31H29F2N9O2/c1-44-23-9-7-20(25(32)26(23)33)22-8-4-16(12-35-22)21-13-38-42-28(34)24(15-2-3-15)27(39-30(21)42)17-10-18-5-6-19(11-17)41(18)31(43)29-36-14-37-40-29/h4,7-9,12-15,17-19H,2-3,5-6,10-11,34H2,1H3,(H,36,37,40)/t17-,18-,19+. The summed E-state index contributed by atoms with van der Waals surface area (Å²) in [5.74, 6) is -0.997. The number of carbonyl (C=O) groups excluding carboxylic acids is 1. The van der Waals surface area contributed by atoms with Gasteiger partial charge in [0.1, 0.15) is 12.1 Å². The molecule has 3 aliphatic rings. The predicted octanol–water partition coefficient (Wildman–Crippen LogP) is 4.87. The Morgan fingerprint density at radius 3 is 2.45 bits per heavy atom. The number of fused-ring (bicyclic) bond motifs is 3. The van der Waals surface area contributed by atoms with Crippen molar-refractivity contribution in [3.8, 4) is 28.1 Å². The lowest BCUT2D eigenvalue weighted by atomic mass is 9.85. The molecule has 2 aliphatic heterocycles. The first-order chi connectivity index (χ1) is 21.4. The van der Waals surface area contributed by atoms with Gasteiger partial charge in [0.2, 0.25) is 11.6 Å². The molecule has 0 spiro atoms. The molecular formula is C31H29F2N9O2. The number of nitrogens with one attached hydrogen (secondary N) is 1. The van der Waals surface area contributed by atoms with Crippen LogP contribution in [0, 0.1) is 11.6 Å². The number of methoxy groups -OCH3 is 1. The van der Waals surface area contributed by atoms with Gasteiger partial charge >= 0.3 is 0 Å². The summed E-state index contributed by atoms with van der Waals surface area (Å²) in [5.41, 5.74) is 11.3. The molecule has 8 rings (SSSR count). The number of piperidine rings is 1. The number of nitrogen functional groups attached to an aromatic ring is 1. The normalized spacial score (nSPS) is 21.2. The minimum Gasteiger partial charge on any atom is -0.494 e. The van der Waals surface area contributed by atoms with Crippen molar-refractivity contribution < 1.29 is 18.3 Å². The number of hydrogen-bond acceptors (Lipinski definition) is 8. The first-order valence-corrected chi connectivity index (χ1v) is 14.8. The second-order valence-corrected chi connectivity index (χ2v) is 11.8. The molecule has 13 heteroatoms. The van der Waals surface area contributed by atoms with Crippen LogP contribution in [0.1, 0.15) is 72.2 Å². The Balaban J connectivity index is 1.15. The molecule has 44 heavy (non-hydrogen) atoms. The largest absolute Gasteiger partial charge is 0.494 e. The lowest BCUT2D eigenvalue weighted by molar-refractivity contribution is 0.0557. The summed E-state index contributed by atoms with van der Waals surface area (Å²) in [5, 5.41) is 12.3. The lowest BCUT2D eigenvalue weighted by Gasteiger charge is -2.39. The second kappa shape index (κ2) is 10.1. The van der Waals surface area contributed by atoms with Gasteiger partial charge in [0.25, 0.3) is 5.91 Å². The highest BCUT2D eigenvalue weighted by atomic mass is 19.2. The van der Waals surface area contributed by atoms with Crippen LogP contribution in [0.2, 0.25) is 0 Å². The van der Waals surface area contributed by atoms with E-state index in [1.807, 2.05) is 4.90 Å². The van der Waals surface area contributed by atoms with Crippen LogP contribution >= 0.6 is 0 Å². The Hall–Kier alpha value is -4.94. The van der Waals surface area contributed by atoms with Crippen molar-refractivity contribution in [1.29, 1.82) is 0 Å². The van der Waals surface area contributed by atoms with Crippen LogP contribution in [0.5, 0.6) is 5.75 Å². The van der Waals surface area contributed by atoms with Gasteiger partial charge in [-0.25, -0.2) is 9.37 Å². The third-order valence-corrected chi connectivity index (χ3v) is 9.33. The molecule has 5 aromatic rings. The van der Waals surface area contributed by atoms with Crippen molar-refractivity contribution in [2.45, 2.75) is 62.4 Å². The third kappa shape index (κ3) is 4.13. The number of amides is 1. The smallest absolute Gasteiger partial charge is 0.292 e. The number of rotatable bonds is 6. The van der Waals surface area contributed by atoms with E-state index in [0.717, 1.165) is 60.9 Å². The fraction of sp³-hybridized carbons (Fsp3) is 0.355. The molecule has 224 valence electrons. The van der Waals surface area contributed by atoms with Gasteiger partial charge in [-0.1, -0.05) is 6.07 Å². The number of pyridine rings is 1. The van der Waals surface area contributed by atoms with Gasteiger partial charge in [0.15, 0.2) is 17.2 Å². The zero-order valence-corrected chi connectivity index (χ0v) is 23.9. The van der Waals surface area contributed by atoms with E-state index in [-0.39, 0.29) is 46.7 Å². The summed E-state index contributed by atoms with van der Waals surface area (Å²) < 4.78 is 35.6. The summed E-state index contributed by atoms with van der Waals surface area (Å²) in [6.07, 6.45) is 10.3. The third-order valence-electron chi connectivity index (χ3n) is 9.33. The molecular weight excluding hydrogens is 568 g/mol. The van der Waals surface area contributed by atoms with Gasteiger partial charge in [-0.3, -0.25) is 9.78 Å². The van der Waals surface area contributed by atoms with Crippen LogP contribution in [0.4, 0.5) is 14.6 Å². The average molecular weight is 598 g/mol. The number of H-pyrrole nitrogens is 1. The fourth-order valence-electron chi connectivity index (χ4n) is 7.11. The highest BCUT2D eigenvalue weighted by Gasteiger charge is 2.46. The predicted molar refractivity (Wildman–Crippen MR) is 156 cm³/mol. The van der Waals surface area contributed by atoms with Crippen molar-refractivity contribution >= 4 is 17.4 Å². The van der Waals surface area contributed by atoms with E-state index in [9.17, 15) is 13.6 Å². The Bertz CT molecular complexity index is 1890. The van der Waals surface area contributed by atoms with Crippen molar-refractivity contribution in [3.05, 3.63) is 71.7 Å². The number of benzene rings is 1. The molecule has 1 amide bonds. The molecule has 3 N–H and O–H groups in total. The van der Waals surface area contributed by atoms with E-state index in [1.165, 1.54) is 25.6 Å². The molecule has 3 atom stereocenters. The number of aromatic amines is 1. The second-order valence-electron chi connectivity index (χ2n) is 11.8. The maximum absolute atomic E-state index is 14.7. The summed E-state index contributed by atoms with van der Waals surface area (Å²) in [6.45, 7) is 0. The van der Waals surface area contributed by atoms with Crippen LogP contribution in [0.25, 0.3) is 28.0 Å². The topological polar surface area (TPSA) is 140 Å². The van der Waals surface area contributed by atoms with Crippen LogP contribution in [0.15, 0.2) is 43.0 Å². The lowest BCUT2D eigenvalue weighted by Crippen LogP contribution is -2.46. The first-order valence-electron chi connectivity index (χ1n) is 14.8. The van der Waals surface area contributed by atoms with E-state index in [1.54, 1.807) is 29.0 Å². The molecule has 1 aliphatic carbocycles. The Morgan fingerprint density at radius 1 is 1.00 bits per heavy atom. The van der Waals surface area contributed by atoms with Crippen LogP contribution in [-0.4, -0.2) is 64.8 Å². The highest BCUT2D eigenvalue weighted by Crippen LogP contribution is 2.50. The first kappa shape index (κ1) is 26.7. The number of hydrogen-bond donors (Lipinski definition) is 2. The fourth-order valence-corrected chi connectivity index (χ4v) is 7.11. The van der Waals surface area contributed by atoms with Crippen molar-refractivity contribution in [1.82, 2.24) is 39.7 Å². The summed E-state index contributed by atoms with van der Waals surface area (Å²) in [6, 6.07) is 6.44. The molecule has 4 aromatic heterocycles. The molecule has 6 heterocycles. The average Bonchev–Trinajstić information content (AvgIpc) is 3.42. The minimum atomic E-state index is -1.06.